The molecule has 0 bridgehead atoms. The maximum absolute atomic E-state index is 12.1. The molecule has 6 heteroatoms. The Labute approximate surface area is 188 Å². The molecule has 3 rings (SSSR count). The van der Waals surface area contributed by atoms with E-state index in [0.29, 0.717) is 11.5 Å². The molecule has 0 atom stereocenters. The number of carbonyl (C=O) groups is 2. The highest BCUT2D eigenvalue weighted by Gasteiger charge is 2.19. The molecule has 0 heterocycles. The maximum atomic E-state index is 12.1. The van der Waals surface area contributed by atoms with Crippen molar-refractivity contribution in [2.75, 3.05) is 13.2 Å². The molecule has 2 N–H and O–H groups in total. The topological polar surface area (TPSA) is 76.7 Å². The van der Waals surface area contributed by atoms with Gasteiger partial charge in [-0.05, 0) is 28.7 Å². The number of rotatable bonds is 7. The fraction of sp³-hybridized carbons (Fsp3) is 0.231. The molecule has 0 aromatic heterocycles. The molecule has 3 aromatic rings. The lowest BCUT2D eigenvalue weighted by Gasteiger charge is -2.22. The van der Waals surface area contributed by atoms with Crippen LogP contribution in [0.15, 0.2) is 78.9 Å². The van der Waals surface area contributed by atoms with Crippen LogP contribution < -0.4 is 20.3 Å². The number of ether oxygens (including phenoxy) is 2. The van der Waals surface area contributed by atoms with E-state index in [-0.39, 0.29) is 18.6 Å². The molecule has 0 saturated carbocycles. The van der Waals surface area contributed by atoms with Crippen molar-refractivity contribution in [1.82, 2.24) is 10.9 Å². The lowest BCUT2D eigenvalue weighted by Crippen LogP contribution is -2.45. The maximum Gasteiger partial charge on any atom is 0.276 e. The van der Waals surface area contributed by atoms with Crippen LogP contribution in [0.2, 0.25) is 0 Å². The van der Waals surface area contributed by atoms with Gasteiger partial charge in [0.05, 0.1) is 0 Å². The van der Waals surface area contributed by atoms with Crippen LogP contribution in [0.3, 0.4) is 0 Å². The van der Waals surface area contributed by atoms with Crippen molar-refractivity contribution in [3.05, 3.63) is 84.4 Å². The van der Waals surface area contributed by atoms with E-state index >= 15 is 0 Å². The SMILES string of the molecule is CC(C)(C)c1ccccc1OCC(=O)NNC(=O)COc1ccccc1-c1ccccc1. The molecule has 2 amide bonds. The quantitative estimate of drug-likeness (QED) is 0.547. The Bertz CT molecular complexity index is 1060. The third-order valence-corrected chi connectivity index (χ3v) is 4.73. The number of benzene rings is 3. The number of nitrogens with one attached hydrogen (secondary N) is 2. The molecule has 3 aromatic carbocycles. The zero-order chi connectivity index (χ0) is 23.0. The molecule has 166 valence electrons. The van der Waals surface area contributed by atoms with Crippen LogP contribution in [-0.2, 0) is 15.0 Å². The molecular formula is C26H28N2O4. The molecule has 0 unspecified atom stereocenters. The van der Waals surface area contributed by atoms with Crippen molar-refractivity contribution < 1.29 is 19.1 Å². The van der Waals surface area contributed by atoms with Crippen LogP contribution >= 0.6 is 0 Å². The summed E-state index contributed by atoms with van der Waals surface area (Å²) < 4.78 is 11.3. The molecule has 6 nitrogen and oxygen atoms in total. The zero-order valence-electron chi connectivity index (χ0n) is 18.6. The lowest BCUT2D eigenvalue weighted by molar-refractivity contribution is -0.131. The average molecular weight is 433 g/mol. The first kappa shape index (κ1) is 22.9. The summed E-state index contributed by atoms with van der Waals surface area (Å²) in [5, 5.41) is 0. The largest absolute Gasteiger partial charge is 0.483 e. The summed E-state index contributed by atoms with van der Waals surface area (Å²) in [4.78, 5) is 24.2. The molecule has 0 saturated heterocycles. The van der Waals surface area contributed by atoms with E-state index < -0.39 is 11.8 Å². The van der Waals surface area contributed by atoms with Gasteiger partial charge in [0.25, 0.3) is 11.8 Å². The fourth-order valence-corrected chi connectivity index (χ4v) is 3.16. The van der Waals surface area contributed by atoms with Gasteiger partial charge >= 0.3 is 0 Å². The van der Waals surface area contributed by atoms with E-state index in [9.17, 15) is 9.59 Å². The Morgan fingerprint density at radius 3 is 1.81 bits per heavy atom. The monoisotopic (exact) mass is 432 g/mol. The number of hydrogen-bond acceptors (Lipinski definition) is 4. The van der Waals surface area contributed by atoms with Gasteiger partial charge in [0.2, 0.25) is 0 Å². The van der Waals surface area contributed by atoms with Gasteiger partial charge in [0.1, 0.15) is 11.5 Å². The summed E-state index contributed by atoms with van der Waals surface area (Å²) in [5.74, 6) is 0.285. The van der Waals surface area contributed by atoms with Gasteiger partial charge in [-0.1, -0.05) is 87.5 Å². The van der Waals surface area contributed by atoms with Crippen LogP contribution in [-0.4, -0.2) is 25.0 Å². The zero-order valence-corrected chi connectivity index (χ0v) is 18.6. The van der Waals surface area contributed by atoms with Gasteiger partial charge in [-0.2, -0.15) is 0 Å². The third-order valence-electron chi connectivity index (χ3n) is 4.73. The Hall–Kier alpha value is -3.80. The van der Waals surface area contributed by atoms with E-state index in [1.54, 1.807) is 6.07 Å². The summed E-state index contributed by atoms with van der Waals surface area (Å²) >= 11 is 0. The number of amides is 2. The second-order valence-corrected chi connectivity index (χ2v) is 8.28. The van der Waals surface area contributed by atoms with Gasteiger partial charge in [-0.3, -0.25) is 20.4 Å². The fourth-order valence-electron chi connectivity index (χ4n) is 3.16. The van der Waals surface area contributed by atoms with E-state index in [2.05, 4.69) is 31.6 Å². The number of para-hydroxylation sites is 2. The van der Waals surface area contributed by atoms with Crippen LogP contribution in [0.25, 0.3) is 11.1 Å². The molecule has 32 heavy (non-hydrogen) atoms. The highest BCUT2D eigenvalue weighted by atomic mass is 16.5. The number of carbonyl (C=O) groups excluding carboxylic acids is 2. The van der Waals surface area contributed by atoms with E-state index in [1.807, 2.05) is 72.8 Å². The standard InChI is InChI=1S/C26H28N2O4/c1-26(2,3)21-14-8-10-16-23(21)32-18-25(30)28-27-24(29)17-31-22-15-9-7-13-20(22)19-11-5-4-6-12-19/h4-16H,17-18H2,1-3H3,(H,27,29)(H,28,30). The summed E-state index contributed by atoms with van der Waals surface area (Å²) in [5.41, 5.74) is 7.46. The first-order valence-corrected chi connectivity index (χ1v) is 10.4. The normalized spacial score (nSPS) is 10.8. The molecule has 0 fully saturated rings. The third kappa shape index (κ3) is 6.35. The van der Waals surface area contributed by atoms with Gasteiger partial charge in [0, 0.05) is 5.56 Å². The van der Waals surface area contributed by atoms with E-state index in [0.717, 1.165) is 16.7 Å². The van der Waals surface area contributed by atoms with Gasteiger partial charge in [-0.15, -0.1) is 0 Å². The van der Waals surface area contributed by atoms with E-state index in [4.69, 9.17) is 9.47 Å². The summed E-state index contributed by atoms with van der Waals surface area (Å²) in [7, 11) is 0. The molecule has 0 aliphatic carbocycles. The highest BCUT2D eigenvalue weighted by Crippen LogP contribution is 2.31. The number of hydrazine groups is 1. The van der Waals surface area contributed by atoms with Crippen molar-refractivity contribution in [3.63, 3.8) is 0 Å². The Balaban J connectivity index is 1.48. The van der Waals surface area contributed by atoms with Crippen molar-refractivity contribution >= 4 is 11.8 Å². The number of hydrogen-bond donors (Lipinski definition) is 2. The Morgan fingerprint density at radius 2 is 1.19 bits per heavy atom. The molecule has 0 aliphatic heterocycles. The van der Waals surface area contributed by atoms with E-state index in [1.165, 1.54) is 0 Å². The predicted molar refractivity (Wildman–Crippen MR) is 124 cm³/mol. The molecule has 0 radical (unpaired) electrons. The van der Waals surface area contributed by atoms with Gasteiger partial charge < -0.3 is 9.47 Å². The minimum Gasteiger partial charge on any atom is -0.483 e. The van der Waals surface area contributed by atoms with Crippen LogP contribution in [0, 0.1) is 0 Å². The second-order valence-electron chi connectivity index (χ2n) is 8.28. The van der Waals surface area contributed by atoms with Gasteiger partial charge in [0.15, 0.2) is 13.2 Å². The van der Waals surface area contributed by atoms with Crippen molar-refractivity contribution in [2.24, 2.45) is 0 Å². The molecule has 0 aliphatic rings. The Kier molecular flexibility index (Phi) is 7.49. The summed E-state index contributed by atoms with van der Waals surface area (Å²) in [6, 6.07) is 24.8. The molecular weight excluding hydrogens is 404 g/mol. The van der Waals surface area contributed by atoms with Crippen molar-refractivity contribution in [2.45, 2.75) is 26.2 Å². The lowest BCUT2D eigenvalue weighted by atomic mass is 9.86. The van der Waals surface area contributed by atoms with Crippen LogP contribution in [0.1, 0.15) is 26.3 Å². The minimum absolute atomic E-state index is 0.116. The predicted octanol–water partition coefficient (Wildman–Crippen LogP) is 4.26. The van der Waals surface area contributed by atoms with Crippen molar-refractivity contribution in [1.29, 1.82) is 0 Å². The van der Waals surface area contributed by atoms with Gasteiger partial charge in [-0.25, -0.2) is 0 Å². The van der Waals surface area contributed by atoms with Crippen LogP contribution in [0.5, 0.6) is 11.5 Å². The summed E-state index contributed by atoms with van der Waals surface area (Å²) in [6.45, 7) is 5.77. The minimum atomic E-state index is -0.476. The summed E-state index contributed by atoms with van der Waals surface area (Å²) in [6.07, 6.45) is 0. The second kappa shape index (κ2) is 10.5. The molecule has 0 spiro atoms. The average Bonchev–Trinajstić information content (AvgIpc) is 2.80. The first-order valence-electron chi connectivity index (χ1n) is 10.4. The first-order chi connectivity index (χ1) is 15.3. The smallest absolute Gasteiger partial charge is 0.276 e. The highest BCUT2D eigenvalue weighted by molar-refractivity contribution is 5.83. The Morgan fingerprint density at radius 1 is 0.688 bits per heavy atom. The van der Waals surface area contributed by atoms with Crippen LogP contribution in [0.4, 0.5) is 0 Å². The van der Waals surface area contributed by atoms with Crippen molar-refractivity contribution in [3.8, 4) is 22.6 Å².